The Balaban J connectivity index is 2.76. The number of hydrogen-bond acceptors (Lipinski definition) is 4. The highest BCUT2D eigenvalue weighted by Gasteiger charge is 2.51. The van der Waals surface area contributed by atoms with E-state index >= 15 is 0 Å². The average Bonchev–Trinajstić information content (AvgIpc) is 2.39. The highest BCUT2D eigenvalue weighted by molar-refractivity contribution is 5.77. The standard InChI is InChI=1S/C9H14F3NO3/c1-8(2)5(16-9(10,11)12)4-13-6(8)7(14)15-3/h5-6,13H,4H2,1-3H3/t5-,6+/m0/s1. The first-order valence-electron chi connectivity index (χ1n) is 4.74. The first-order valence-corrected chi connectivity index (χ1v) is 4.74. The molecular formula is C9H14F3NO3. The molecule has 2 atom stereocenters. The Morgan fingerprint density at radius 1 is 1.44 bits per heavy atom. The van der Waals surface area contributed by atoms with Crippen molar-refractivity contribution >= 4 is 5.97 Å². The monoisotopic (exact) mass is 241 g/mol. The zero-order chi connectivity index (χ0) is 12.6. The SMILES string of the molecule is COC(=O)[C@H]1NC[C@H](OC(F)(F)F)C1(C)C. The van der Waals surface area contributed by atoms with Crippen LogP contribution in [0.1, 0.15) is 13.8 Å². The maximum absolute atomic E-state index is 12.1. The predicted molar refractivity (Wildman–Crippen MR) is 48.5 cm³/mol. The summed E-state index contributed by atoms with van der Waals surface area (Å²) in [7, 11) is 1.19. The third-order valence-electron chi connectivity index (χ3n) is 2.79. The molecule has 7 heteroatoms. The fourth-order valence-electron chi connectivity index (χ4n) is 1.80. The number of carbonyl (C=O) groups is 1. The number of ether oxygens (including phenoxy) is 2. The van der Waals surface area contributed by atoms with Crippen LogP contribution in [0.2, 0.25) is 0 Å². The van der Waals surface area contributed by atoms with Crippen LogP contribution in [0.3, 0.4) is 0 Å². The van der Waals surface area contributed by atoms with Crippen LogP contribution in [0.5, 0.6) is 0 Å². The molecule has 1 saturated heterocycles. The molecule has 16 heavy (non-hydrogen) atoms. The van der Waals surface area contributed by atoms with Crippen LogP contribution in [0.15, 0.2) is 0 Å². The molecular weight excluding hydrogens is 227 g/mol. The van der Waals surface area contributed by atoms with Crippen molar-refractivity contribution < 1.29 is 27.4 Å². The third-order valence-corrected chi connectivity index (χ3v) is 2.79. The van der Waals surface area contributed by atoms with Gasteiger partial charge in [-0.15, -0.1) is 13.2 Å². The smallest absolute Gasteiger partial charge is 0.468 e. The van der Waals surface area contributed by atoms with E-state index in [-0.39, 0.29) is 6.54 Å². The molecule has 0 aromatic rings. The van der Waals surface area contributed by atoms with Gasteiger partial charge in [-0.05, 0) is 0 Å². The fourth-order valence-corrected chi connectivity index (χ4v) is 1.80. The Kier molecular flexibility index (Phi) is 3.49. The van der Waals surface area contributed by atoms with Gasteiger partial charge in [0, 0.05) is 12.0 Å². The normalized spacial score (nSPS) is 29.1. The molecule has 0 aliphatic carbocycles. The van der Waals surface area contributed by atoms with E-state index in [1.54, 1.807) is 0 Å². The van der Waals surface area contributed by atoms with Crippen LogP contribution in [0.4, 0.5) is 13.2 Å². The van der Waals surface area contributed by atoms with Crippen molar-refractivity contribution in [2.24, 2.45) is 5.41 Å². The quantitative estimate of drug-likeness (QED) is 0.734. The lowest BCUT2D eigenvalue weighted by atomic mass is 9.82. The van der Waals surface area contributed by atoms with Crippen molar-refractivity contribution in [3.05, 3.63) is 0 Å². The first-order chi connectivity index (χ1) is 7.18. The van der Waals surface area contributed by atoms with Gasteiger partial charge in [0.2, 0.25) is 0 Å². The molecule has 0 bridgehead atoms. The fraction of sp³-hybridized carbons (Fsp3) is 0.889. The van der Waals surface area contributed by atoms with Crippen LogP contribution >= 0.6 is 0 Å². The van der Waals surface area contributed by atoms with Gasteiger partial charge in [-0.25, -0.2) is 0 Å². The lowest BCUT2D eigenvalue weighted by Gasteiger charge is -2.30. The van der Waals surface area contributed by atoms with Gasteiger partial charge in [0.15, 0.2) is 0 Å². The Morgan fingerprint density at radius 3 is 2.44 bits per heavy atom. The molecule has 1 heterocycles. The summed E-state index contributed by atoms with van der Waals surface area (Å²) in [5.74, 6) is -0.585. The van der Waals surface area contributed by atoms with Crippen LogP contribution in [-0.2, 0) is 14.3 Å². The molecule has 4 nitrogen and oxygen atoms in total. The van der Waals surface area contributed by atoms with Gasteiger partial charge in [-0.1, -0.05) is 13.8 Å². The summed E-state index contributed by atoms with van der Waals surface area (Å²) in [6.45, 7) is 3.03. The van der Waals surface area contributed by atoms with Crippen LogP contribution in [0, 0.1) is 5.41 Å². The van der Waals surface area contributed by atoms with E-state index in [0.717, 1.165) is 0 Å². The summed E-state index contributed by atoms with van der Waals surface area (Å²) in [5.41, 5.74) is -0.970. The van der Waals surface area contributed by atoms with Crippen LogP contribution < -0.4 is 5.32 Å². The second-order valence-corrected chi connectivity index (χ2v) is 4.24. The Labute approximate surface area is 91.1 Å². The van der Waals surface area contributed by atoms with Crippen LogP contribution in [0.25, 0.3) is 0 Å². The van der Waals surface area contributed by atoms with Gasteiger partial charge in [0.05, 0.1) is 13.2 Å². The van der Waals surface area contributed by atoms with Gasteiger partial charge in [-0.3, -0.25) is 9.53 Å². The minimum absolute atomic E-state index is 0.0354. The molecule has 0 amide bonds. The summed E-state index contributed by atoms with van der Waals surface area (Å²) < 4.78 is 44.8. The van der Waals surface area contributed by atoms with Crippen molar-refractivity contribution in [3.8, 4) is 0 Å². The van der Waals surface area contributed by atoms with E-state index in [0.29, 0.717) is 0 Å². The summed E-state index contributed by atoms with van der Waals surface area (Å²) in [4.78, 5) is 11.3. The second kappa shape index (κ2) is 4.21. The first kappa shape index (κ1) is 13.2. The van der Waals surface area contributed by atoms with Crippen molar-refractivity contribution in [3.63, 3.8) is 0 Å². The number of rotatable bonds is 2. The van der Waals surface area contributed by atoms with Crippen molar-refractivity contribution in [1.29, 1.82) is 0 Å². The molecule has 0 aromatic heterocycles. The summed E-state index contributed by atoms with van der Waals surface area (Å²) in [6, 6.07) is -0.787. The summed E-state index contributed by atoms with van der Waals surface area (Å²) in [5, 5.41) is 2.67. The lowest BCUT2D eigenvalue weighted by molar-refractivity contribution is -0.349. The predicted octanol–water partition coefficient (Wildman–Crippen LogP) is 1.06. The number of esters is 1. The van der Waals surface area contributed by atoms with E-state index in [1.165, 1.54) is 21.0 Å². The Bertz CT molecular complexity index is 278. The van der Waals surface area contributed by atoms with E-state index in [1.807, 2.05) is 0 Å². The van der Waals surface area contributed by atoms with Gasteiger partial charge >= 0.3 is 12.3 Å². The number of halogens is 3. The second-order valence-electron chi connectivity index (χ2n) is 4.24. The van der Waals surface area contributed by atoms with Gasteiger partial charge in [0.1, 0.15) is 6.04 Å². The minimum atomic E-state index is -4.70. The molecule has 0 radical (unpaired) electrons. The van der Waals surface area contributed by atoms with Crippen molar-refractivity contribution in [2.45, 2.75) is 32.4 Å². The molecule has 0 unspecified atom stereocenters. The highest BCUT2D eigenvalue weighted by atomic mass is 19.4. The molecule has 0 aromatic carbocycles. The zero-order valence-corrected chi connectivity index (χ0v) is 9.22. The van der Waals surface area contributed by atoms with E-state index in [4.69, 9.17) is 0 Å². The molecule has 0 saturated carbocycles. The van der Waals surface area contributed by atoms with Crippen molar-refractivity contribution in [2.75, 3.05) is 13.7 Å². The maximum atomic E-state index is 12.1. The van der Waals surface area contributed by atoms with Gasteiger partial charge < -0.3 is 10.1 Å². The number of methoxy groups -OCH3 is 1. The van der Waals surface area contributed by atoms with Crippen molar-refractivity contribution in [1.82, 2.24) is 5.32 Å². The molecule has 1 aliphatic heterocycles. The Morgan fingerprint density at radius 2 is 2.00 bits per heavy atom. The van der Waals surface area contributed by atoms with Crippen LogP contribution in [-0.4, -0.2) is 38.1 Å². The largest absolute Gasteiger partial charge is 0.522 e. The third kappa shape index (κ3) is 2.65. The highest BCUT2D eigenvalue weighted by Crippen LogP contribution is 2.36. The molecule has 0 spiro atoms. The summed E-state index contributed by atoms with van der Waals surface area (Å²) in [6.07, 6.45) is -5.80. The summed E-state index contributed by atoms with van der Waals surface area (Å²) >= 11 is 0. The number of carbonyl (C=O) groups excluding carboxylic acids is 1. The number of alkyl halides is 3. The molecule has 1 fully saturated rings. The lowest BCUT2D eigenvalue weighted by Crippen LogP contribution is -2.44. The zero-order valence-electron chi connectivity index (χ0n) is 9.22. The van der Waals surface area contributed by atoms with E-state index in [9.17, 15) is 18.0 Å². The van der Waals surface area contributed by atoms with Gasteiger partial charge in [-0.2, -0.15) is 0 Å². The number of nitrogens with one attached hydrogen (secondary N) is 1. The molecule has 1 N–H and O–H groups in total. The van der Waals surface area contributed by atoms with E-state index < -0.39 is 29.9 Å². The molecule has 1 aliphatic rings. The minimum Gasteiger partial charge on any atom is -0.468 e. The topological polar surface area (TPSA) is 47.6 Å². The molecule has 94 valence electrons. The Hall–Kier alpha value is -0.820. The van der Waals surface area contributed by atoms with Gasteiger partial charge in [0.25, 0.3) is 0 Å². The maximum Gasteiger partial charge on any atom is 0.522 e. The average molecular weight is 241 g/mol. The number of hydrogen-bond donors (Lipinski definition) is 1. The molecule has 1 rings (SSSR count). The van der Waals surface area contributed by atoms with E-state index in [2.05, 4.69) is 14.8 Å².